The molecule has 0 saturated heterocycles. The first kappa shape index (κ1) is 26.1. The monoisotopic (exact) mass is 520 g/mol. The van der Waals surface area contributed by atoms with Crippen LogP contribution in [0, 0.1) is 11.8 Å². The van der Waals surface area contributed by atoms with E-state index in [2.05, 4.69) is 23.3 Å². The summed E-state index contributed by atoms with van der Waals surface area (Å²) < 4.78 is 62.7. The molecule has 2 aromatic rings. The standard InChI is InChI=1S/C26H36N2O5S2/c1-19-7-3-5-9-25(19)27-34(29,30)23-15-11-21(12-16-23)33-22-13-17-24(18-14-22)35(31,32)28-26-10-6-4-8-20(26)2/h11-20,25-28H,3-10H2,1-2H3/t19-,20+,25+,26-. The molecule has 0 bridgehead atoms. The average molecular weight is 521 g/mol. The fraction of sp³-hybridized carbons (Fsp3) is 0.538. The zero-order chi connectivity index (χ0) is 25.1. The van der Waals surface area contributed by atoms with E-state index in [1.165, 1.54) is 24.3 Å². The molecule has 2 aliphatic carbocycles. The highest BCUT2D eigenvalue weighted by Crippen LogP contribution is 2.28. The second kappa shape index (κ2) is 11.0. The first-order chi connectivity index (χ1) is 16.6. The quantitative estimate of drug-likeness (QED) is 0.499. The minimum atomic E-state index is -3.60. The van der Waals surface area contributed by atoms with Crippen molar-refractivity contribution < 1.29 is 21.6 Å². The minimum Gasteiger partial charge on any atom is -0.457 e. The highest BCUT2D eigenvalue weighted by Gasteiger charge is 2.28. The van der Waals surface area contributed by atoms with Crippen molar-refractivity contribution in [3.8, 4) is 11.5 Å². The lowest BCUT2D eigenvalue weighted by Gasteiger charge is -2.29. The van der Waals surface area contributed by atoms with Gasteiger partial charge in [0.1, 0.15) is 11.5 Å². The number of hydrogen-bond donors (Lipinski definition) is 2. The van der Waals surface area contributed by atoms with Gasteiger partial charge >= 0.3 is 0 Å². The van der Waals surface area contributed by atoms with Gasteiger partial charge < -0.3 is 4.74 Å². The molecule has 0 aromatic heterocycles. The topological polar surface area (TPSA) is 102 Å². The van der Waals surface area contributed by atoms with E-state index in [0.29, 0.717) is 23.3 Å². The third-order valence-corrected chi connectivity index (χ3v) is 10.4. The van der Waals surface area contributed by atoms with Gasteiger partial charge in [-0.05, 0) is 86.1 Å². The number of hydrogen-bond acceptors (Lipinski definition) is 5. The molecule has 9 heteroatoms. The Labute approximate surface area is 209 Å². The Kier molecular flexibility index (Phi) is 8.20. The van der Waals surface area contributed by atoms with Crippen LogP contribution in [-0.2, 0) is 20.0 Å². The van der Waals surface area contributed by atoms with E-state index in [-0.39, 0.29) is 21.9 Å². The minimum absolute atomic E-state index is 0.0321. The van der Waals surface area contributed by atoms with E-state index < -0.39 is 20.0 Å². The van der Waals surface area contributed by atoms with Crippen LogP contribution in [0.15, 0.2) is 58.3 Å². The van der Waals surface area contributed by atoms with Crippen molar-refractivity contribution in [2.24, 2.45) is 11.8 Å². The molecule has 0 heterocycles. The van der Waals surface area contributed by atoms with Crippen molar-refractivity contribution >= 4 is 20.0 Å². The number of ether oxygens (including phenoxy) is 1. The van der Waals surface area contributed by atoms with E-state index >= 15 is 0 Å². The Morgan fingerprint density at radius 3 is 1.29 bits per heavy atom. The second-order valence-electron chi connectivity index (χ2n) is 10.0. The zero-order valence-electron chi connectivity index (χ0n) is 20.4. The molecule has 4 atom stereocenters. The van der Waals surface area contributed by atoms with Crippen LogP contribution in [0.4, 0.5) is 0 Å². The van der Waals surface area contributed by atoms with Crippen LogP contribution in [0.3, 0.4) is 0 Å². The van der Waals surface area contributed by atoms with Gasteiger partial charge in [0.15, 0.2) is 0 Å². The molecule has 192 valence electrons. The Hall–Kier alpha value is -1.94. The van der Waals surface area contributed by atoms with Crippen molar-refractivity contribution in [1.82, 2.24) is 9.44 Å². The van der Waals surface area contributed by atoms with Gasteiger partial charge in [0, 0.05) is 12.1 Å². The van der Waals surface area contributed by atoms with Gasteiger partial charge in [0.2, 0.25) is 20.0 Å². The smallest absolute Gasteiger partial charge is 0.240 e. The highest BCUT2D eigenvalue weighted by molar-refractivity contribution is 7.89. The molecule has 2 saturated carbocycles. The van der Waals surface area contributed by atoms with Crippen molar-refractivity contribution in [3.63, 3.8) is 0 Å². The molecule has 2 N–H and O–H groups in total. The molecule has 0 aliphatic heterocycles. The Balaban J connectivity index is 1.38. The molecule has 2 aromatic carbocycles. The molecule has 7 nitrogen and oxygen atoms in total. The molecule has 0 spiro atoms. The predicted octanol–water partition coefficient (Wildman–Crippen LogP) is 5.19. The average Bonchev–Trinajstić information content (AvgIpc) is 2.83. The van der Waals surface area contributed by atoms with Crippen molar-refractivity contribution in [3.05, 3.63) is 48.5 Å². The van der Waals surface area contributed by atoms with Crippen LogP contribution in [0.5, 0.6) is 11.5 Å². The van der Waals surface area contributed by atoms with Gasteiger partial charge in [-0.2, -0.15) is 0 Å². The van der Waals surface area contributed by atoms with E-state index in [1.807, 2.05) is 0 Å². The molecule has 2 aliphatic rings. The van der Waals surface area contributed by atoms with Crippen molar-refractivity contribution in [1.29, 1.82) is 0 Å². The molecule has 0 amide bonds. The molecular weight excluding hydrogens is 484 g/mol. The summed E-state index contributed by atoms with van der Waals surface area (Å²) in [7, 11) is -7.20. The molecule has 2 fully saturated rings. The third-order valence-electron chi connectivity index (χ3n) is 7.34. The van der Waals surface area contributed by atoms with Gasteiger partial charge in [-0.15, -0.1) is 0 Å². The first-order valence-corrected chi connectivity index (χ1v) is 15.5. The number of nitrogens with one attached hydrogen (secondary N) is 2. The normalized spacial score (nSPS) is 25.8. The summed E-state index contributed by atoms with van der Waals surface area (Å²) >= 11 is 0. The van der Waals surface area contributed by atoms with Crippen molar-refractivity contribution in [2.75, 3.05) is 0 Å². The van der Waals surface area contributed by atoms with E-state index in [9.17, 15) is 16.8 Å². The summed E-state index contributed by atoms with van der Waals surface area (Å²) in [6.45, 7) is 4.18. The van der Waals surface area contributed by atoms with Gasteiger partial charge in [-0.3, -0.25) is 0 Å². The Bertz CT molecular complexity index is 1100. The molecular formula is C26H36N2O5S2. The highest BCUT2D eigenvalue weighted by atomic mass is 32.2. The molecule has 4 rings (SSSR count). The molecule has 0 unspecified atom stereocenters. The third kappa shape index (κ3) is 6.64. The van der Waals surface area contributed by atoms with E-state index in [0.717, 1.165) is 51.4 Å². The first-order valence-electron chi connectivity index (χ1n) is 12.6. The summed E-state index contributed by atoms with van der Waals surface area (Å²) in [4.78, 5) is 0.402. The second-order valence-corrected chi connectivity index (χ2v) is 13.5. The zero-order valence-corrected chi connectivity index (χ0v) is 22.1. The predicted molar refractivity (Wildman–Crippen MR) is 136 cm³/mol. The molecule has 0 radical (unpaired) electrons. The van der Waals surface area contributed by atoms with Crippen LogP contribution in [0.1, 0.15) is 65.2 Å². The lowest BCUT2D eigenvalue weighted by molar-refractivity contribution is 0.310. The van der Waals surface area contributed by atoms with Crippen LogP contribution in [0.2, 0.25) is 0 Å². The van der Waals surface area contributed by atoms with E-state index in [1.54, 1.807) is 24.3 Å². The SMILES string of the molecule is C[C@@H]1CCCC[C@@H]1NS(=O)(=O)c1ccc(Oc2ccc(S(=O)(=O)N[C@@H]3CCCC[C@@H]3C)cc2)cc1. The number of sulfonamides is 2. The van der Waals surface area contributed by atoms with E-state index in [4.69, 9.17) is 4.74 Å². The lowest BCUT2D eigenvalue weighted by atomic mass is 9.87. The summed E-state index contributed by atoms with van der Waals surface area (Å²) in [6.07, 6.45) is 8.18. The fourth-order valence-corrected chi connectivity index (χ4v) is 7.79. The maximum absolute atomic E-state index is 12.8. The van der Waals surface area contributed by atoms with Crippen LogP contribution in [-0.4, -0.2) is 28.9 Å². The molecule has 35 heavy (non-hydrogen) atoms. The van der Waals surface area contributed by atoms with Crippen LogP contribution in [0.25, 0.3) is 0 Å². The lowest BCUT2D eigenvalue weighted by Crippen LogP contribution is -2.40. The van der Waals surface area contributed by atoms with Gasteiger partial charge in [-0.25, -0.2) is 26.3 Å². The summed E-state index contributed by atoms with van der Waals surface area (Å²) in [5, 5.41) is 0. The largest absolute Gasteiger partial charge is 0.457 e. The summed E-state index contributed by atoms with van der Waals surface area (Å²) in [5.74, 6) is 1.60. The number of benzene rings is 2. The fourth-order valence-electron chi connectivity index (χ4n) is 5.03. The van der Waals surface area contributed by atoms with Crippen LogP contribution >= 0.6 is 0 Å². The Morgan fingerprint density at radius 2 is 0.943 bits per heavy atom. The maximum Gasteiger partial charge on any atom is 0.240 e. The van der Waals surface area contributed by atoms with Crippen molar-refractivity contribution in [2.45, 2.75) is 87.1 Å². The maximum atomic E-state index is 12.8. The van der Waals surface area contributed by atoms with Gasteiger partial charge in [0.25, 0.3) is 0 Å². The Morgan fingerprint density at radius 1 is 0.600 bits per heavy atom. The number of rotatable bonds is 8. The van der Waals surface area contributed by atoms with Gasteiger partial charge in [-0.1, -0.05) is 39.5 Å². The summed E-state index contributed by atoms with van der Waals surface area (Å²) in [6, 6.07) is 12.5. The van der Waals surface area contributed by atoms with Crippen LogP contribution < -0.4 is 14.2 Å². The van der Waals surface area contributed by atoms with Gasteiger partial charge in [0.05, 0.1) is 9.79 Å². The summed E-state index contributed by atoms with van der Waals surface area (Å²) in [5.41, 5.74) is 0.